The number of fused-ring (bicyclic) bond motifs is 1. The lowest BCUT2D eigenvalue weighted by molar-refractivity contribution is 0.280. The van der Waals surface area contributed by atoms with Crippen LogP contribution in [0.15, 0.2) is 4.79 Å². The molecule has 3 rings (SSSR count). The summed E-state index contributed by atoms with van der Waals surface area (Å²) in [6.45, 7) is 4.82. The van der Waals surface area contributed by atoms with Crippen molar-refractivity contribution in [3.63, 3.8) is 0 Å². The van der Waals surface area contributed by atoms with Gasteiger partial charge in [-0.05, 0) is 44.0 Å². The van der Waals surface area contributed by atoms with Gasteiger partial charge in [0.05, 0.1) is 5.39 Å². The highest BCUT2D eigenvalue weighted by molar-refractivity contribution is 7.71. The molecule has 0 aliphatic heterocycles. The molecule has 1 aliphatic rings. The van der Waals surface area contributed by atoms with Crippen LogP contribution >= 0.6 is 23.6 Å². The van der Waals surface area contributed by atoms with Crippen LogP contribution in [0.4, 0.5) is 0 Å². The summed E-state index contributed by atoms with van der Waals surface area (Å²) in [7, 11) is 0. The molecule has 0 bridgehead atoms. The van der Waals surface area contributed by atoms with E-state index in [0.717, 1.165) is 34.7 Å². The third-order valence-corrected chi connectivity index (χ3v) is 5.74. The second kappa shape index (κ2) is 4.87. The Balaban J connectivity index is 2.05. The summed E-state index contributed by atoms with van der Waals surface area (Å²) < 4.78 is 2.31. The molecular formula is C14H18N2OS2. The number of H-pyrrole nitrogens is 1. The third kappa shape index (κ3) is 2.19. The van der Waals surface area contributed by atoms with Crippen molar-refractivity contribution in [1.29, 1.82) is 0 Å². The number of aryl methyl sites for hydroxylation is 2. The average molecular weight is 294 g/mol. The molecule has 0 spiro atoms. The van der Waals surface area contributed by atoms with Gasteiger partial charge in [-0.25, -0.2) is 0 Å². The minimum Gasteiger partial charge on any atom is -0.323 e. The first kappa shape index (κ1) is 13.1. The molecule has 0 atom stereocenters. The fourth-order valence-electron chi connectivity index (χ4n) is 2.66. The minimum absolute atomic E-state index is 0.0833. The molecule has 3 nitrogen and oxygen atoms in total. The van der Waals surface area contributed by atoms with Gasteiger partial charge in [-0.3, -0.25) is 9.36 Å². The van der Waals surface area contributed by atoms with E-state index >= 15 is 0 Å². The van der Waals surface area contributed by atoms with E-state index in [-0.39, 0.29) is 5.56 Å². The van der Waals surface area contributed by atoms with Gasteiger partial charge in [-0.2, -0.15) is 0 Å². The number of aromatic amines is 1. The van der Waals surface area contributed by atoms with E-state index in [0.29, 0.717) is 4.77 Å². The lowest BCUT2D eigenvalue weighted by Crippen LogP contribution is -2.24. The average Bonchev–Trinajstić information content (AvgIpc) is 2.56. The molecule has 2 aromatic rings. The Morgan fingerprint density at radius 3 is 2.79 bits per heavy atom. The molecule has 0 aromatic carbocycles. The Labute approximate surface area is 121 Å². The Kier molecular flexibility index (Phi) is 3.35. The number of rotatable bonds is 3. The summed E-state index contributed by atoms with van der Waals surface area (Å²) in [6, 6.07) is 0. The Morgan fingerprint density at radius 2 is 2.16 bits per heavy atom. The summed E-state index contributed by atoms with van der Waals surface area (Å²) >= 11 is 6.96. The summed E-state index contributed by atoms with van der Waals surface area (Å²) in [5, 5.41) is 0.824. The summed E-state index contributed by atoms with van der Waals surface area (Å²) in [6.07, 6.45) is 5.04. The first-order valence-electron chi connectivity index (χ1n) is 6.80. The van der Waals surface area contributed by atoms with E-state index in [1.165, 1.54) is 24.1 Å². The number of nitrogens with one attached hydrogen (secondary N) is 1. The van der Waals surface area contributed by atoms with Gasteiger partial charge in [0.15, 0.2) is 4.77 Å². The Bertz CT molecular complexity index is 734. The quantitative estimate of drug-likeness (QED) is 0.871. The molecule has 0 amide bonds. The van der Waals surface area contributed by atoms with Gasteiger partial charge >= 0.3 is 0 Å². The number of hydrogen-bond acceptors (Lipinski definition) is 3. The van der Waals surface area contributed by atoms with Crippen molar-refractivity contribution in [3.8, 4) is 0 Å². The summed E-state index contributed by atoms with van der Waals surface area (Å²) in [4.78, 5) is 17.9. The van der Waals surface area contributed by atoms with E-state index in [1.54, 1.807) is 15.9 Å². The maximum Gasteiger partial charge on any atom is 0.263 e. The van der Waals surface area contributed by atoms with Crippen LogP contribution in [0.25, 0.3) is 10.2 Å². The van der Waals surface area contributed by atoms with Gasteiger partial charge in [0.2, 0.25) is 0 Å². The van der Waals surface area contributed by atoms with Crippen LogP contribution < -0.4 is 5.56 Å². The zero-order valence-corrected chi connectivity index (χ0v) is 12.9. The van der Waals surface area contributed by atoms with Crippen molar-refractivity contribution < 1.29 is 0 Å². The number of hydrogen-bond donors (Lipinski definition) is 1. The minimum atomic E-state index is 0.0833. The van der Waals surface area contributed by atoms with Gasteiger partial charge in [0.25, 0.3) is 5.56 Å². The first-order valence-corrected chi connectivity index (χ1v) is 8.03. The molecule has 0 radical (unpaired) electrons. The fraction of sp³-hybridized carbons (Fsp3) is 0.571. The standard InChI is InChI=1S/C14H18N2OS2/c1-8-9(2)19-12-11(8)13(17)16(14(18)15-12)7-6-10-4-3-5-10/h10H,3-7H2,1-2H3,(H,15,18). The van der Waals surface area contributed by atoms with Crippen molar-refractivity contribution in [2.75, 3.05) is 0 Å². The van der Waals surface area contributed by atoms with Crippen molar-refractivity contribution in [2.45, 2.75) is 46.1 Å². The number of thiophene rings is 1. The van der Waals surface area contributed by atoms with Crippen molar-refractivity contribution in [3.05, 3.63) is 25.6 Å². The predicted molar refractivity (Wildman–Crippen MR) is 82.7 cm³/mol. The lowest BCUT2D eigenvalue weighted by atomic mass is 9.83. The van der Waals surface area contributed by atoms with E-state index in [1.807, 2.05) is 6.92 Å². The van der Waals surface area contributed by atoms with Crippen LogP contribution in [0, 0.1) is 24.5 Å². The summed E-state index contributed by atoms with van der Waals surface area (Å²) in [5.74, 6) is 0.794. The van der Waals surface area contributed by atoms with Crippen LogP contribution in [0.5, 0.6) is 0 Å². The predicted octanol–water partition coefficient (Wildman–Crippen LogP) is 3.93. The monoisotopic (exact) mass is 294 g/mol. The van der Waals surface area contributed by atoms with Crippen LogP contribution in [-0.4, -0.2) is 9.55 Å². The van der Waals surface area contributed by atoms with Crippen LogP contribution in [0.3, 0.4) is 0 Å². The molecule has 19 heavy (non-hydrogen) atoms. The molecule has 5 heteroatoms. The zero-order chi connectivity index (χ0) is 13.6. The topological polar surface area (TPSA) is 37.8 Å². The van der Waals surface area contributed by atoms with Gasteiger partial charge in [0, 0.05) is 11.4 Å². The van der Waals surface area contributed by atoms with E-state index in [9.17, 15) is 4.79 Å². The first-order chi connectivity index (χ1) is 9.08. The van der Waals surface area contributed by atoms with Gasteiger partial charge in [-0.15, -0.1) is 11.3 Å². The molecule has 1 N–H and O–H groups in total. The fourth-order valence-corrected chi connectivity index (χ4v) is 4.05. The SMILES string of the molecule is Cc1sc2[nH]c(=S)n(CCC3CCC3)c(=O)c2c1C. The second-order valence-electron chi connectivity index (χ2n) is 5.46. The molecule has 0 unspecified atom stereocenters. The normalized spacial score (nSPS) is 15.9. The Morgan fingerprint density at radius 1 is 1.42 bits per heavy atom. The molecule has 102 valence electrons. The van der Waals surface area contributed by atoms with Crippen molar-refractivity contribution in [2.24, 2.45) is 5.92 Å². The van der Waals surface area contributed by atoms with Crippen LogP contribution in [0.2, 0.25) is 0 Å². The number of nitrogens with zero attached hydrogens (tertiary/aromatic N) is 1. The maximum atomic E-state index is 12.6. The van der Waals surface area contributed by atoms with E-state index in [2.05, 4.69) is 11.9 Å². The third-order valence-electron chi connectivity index (χ3n) is 4.30. The molecule has 1 saturated carbocycles. The largest absolute Gasteiger partial charge is 0.323 e. The maximum absolute atomic E-state index is 12.6. The molecule has 1 fully saturated rings. The van der Waals surface area contributed by atoms with Gasteiger partial charge in [-0.1, -0.05) is 19.3 Å². The highest BCUT2D eigenvalue weighted by atomic mass is 32.1. The molecule has 1 aliphatic carbocycles. The van der Waals surface area contributed by atoms with Crippen LogP contribution in [0.1, 0.15) is 36.1 Å². The molecule has 2 heterocycles. The zero-order valence-electron chi connectivity index (χ0n) is 11.3. The Hall–Kier alpha value is -0.940. The highest BCUT2D eigenvalue weighted by Gasteiger charge is 2.18. The molecule has 2 aromatic heterocycles. The summed E-state index contributed by atoms with van der Waals surface area (Å²) in [5.41, 5.74) is 1.17. The van der Waals surface area contributed by atoms with E-state index in [4.69, 9.17) is 12.2 Å². The molecular weight excluding hydrogens is 276 g/mol. The highest BCUT2D eigenvalue weighted by Crippen LogP contribution is 2.30. The smallest absolute Gasteiger partial charge is 0.263 e. The lowest BCUT2D eigenvalue weighted by Gasteiger charge is -2.25. The van der Waals surface area contributed by atoms with Crippen LogP contribution in [-0.2, 0) is 6.54 Å². The van der Waals surface area contributed by atoms with Gasteiger partial charge < -0.3 is 4.98 Å². The van der Waals surface area contributed by atoms with Gasteiger partial charge in [0.1, 0.15) is 4.83 Å². The molecule has 0 saturated heterocycles. The van der Waals surface area contributed by atoms with E-state index < -0.39 is 0 Å². The van der Waals surface area contributed by atoms with Crippen molar-refractivity contribution >= 4 is 33.8 Å². The second-order valence-corrected chi connectivity index (χ2v) is 7.07. The number of aromatic nitrogens is 2. The van der Waals surface area contributed by atoms with Crippen molar-refractivity contribution in [1.82, 2.24) is 9.55 Å².